The van der Waals surface area contributed by atoms with Gasteiger partial charge in [0.1, 0.15) is 0 Å². The molecular formula is C11H15F5. The molecule has 0 aromatic rings. The van der Waals surface area contributed by atoms with E-state index < -0.39 is 30.0 Å². The predicted octanol–water partition coefficient (Wildman–Crippen LogP) is 4.57. The lowest BCUT2D eigenvalue weighted by Gasteiger charge is -2.32. The maximum Gasteiger partial charge on any atom is 0.412 e. The topological polar surface area (TPSA) is 0 Å². The molecule has 94 valence electrons. The van der Waals surface area contributed by atoms with Crippen LogP contribution in [-0.2, 0) is 0 Å². The minimum Gasteiger partial charge on any atom is -0.207 e. The fraction of sp³-hybridized carbons (Fsp3) is 0.818. The normalized spacial score (nSPS) is 27.8. The molecule has 16 heavy (non-hydrogen) atoms. The Morgan fingerprint density at radius 1 is 1.25 bits per heavy atom. The summed E-state index contributed by atoms with van der Waals surface area (Å²) in [5.41, 5.74) is -0.794. The summed E-state index contributed by atoms with van der Waals surface area (Å²) in [5, 5.41) is 0. The second-order valence-electron chi connectivity index (χ2n) is 4.45. The van der Waals surface area contributed by atoms with E-state index in [2.05, 4.69) is 0 Å². The number of rotatable bonds is 2. The number of hydrogen-bond acceptors (Lipinski definition) is 0. The molecule has 0 saturated heterocycles. The van der Waals surface area contributed by atoms with E-state index in [0.717, 1.165) is 6.08 Å². The van der Waals surface area contributed by atoms with Gasteiger partial charge >= 0.3 is 6.18 Å². The minimum absolute atomic E-state index is 0.138. The highest BCUT2D eigenvalue weighted by Crippen LogP contribution is 2.44. The Balaban J connectivity index is 2.91. The molecule has 0 bridgehead atoms. The number of hydrogen-bond donors (Lipinski definition) is 0. The van der Waals surface area contributed by atoms with E-state index in [-0.39, 0.29) is 12.3 Å². The summed E-state index contributed by atoms with van der Waals surface area (Å²) < 4.78 is 63.7. The number of halogens is 5. The Morgan fingerprint density at radius 2 is 1.81 bits per heavy atom. The van der Waals surface area contributed by atoms with E-state index in [4.69, 9.17) is 0 Å². The average Bonchev–Trinajstić information content (AvgIpc) is 2.14. The molecule has 2 atom stereocenters. The summed E-state index contributed by atoms with van der Waals surface area (Å²) in [6, 6.07) is 0. The third-order valence-electron chi connectivity index (χ3n) is 3.10. The van der Waals surface area contributed by atoms with Crippen LogP contribution >= 0.6 is 0 Å². The van der Waals surface area contributed by atoms with Crippen LogP contribution in [-0.4, -0.2) is 12.1 Å². The lowest BCUT2D eigenvalue weighted by atomic mass is 9.78. The quantitative estimate of drug-likeness (QED) is 0.491. The summed E-state index contributed by atoms with van der Waals surface area (Å²) in [4.78, 5) is 0. The van der Waals surface area contributed by atoms with Gasteiger partial charge in [-0.25, -0.2) is 8.78 Å². The summed E-state index contributed by atoms with van der Waals surface area (Å²) in [6.45, 7) is 2.41. The molecule has 0 aromatic heterocycles. The molecule has 1 rings (SSSR count). The van der Waals surface area contributed by atoms with Gasteiger partial charge in [-0.1, -0.05) is 13.0 Å². The summed E-state index contributed by atoms with van der Waals surface area (Å²) in [6.07, 6.45) is -3.32. The van der Waals surface area contributed by atoms with Gasteiger partial charge in [-0.15, -0.1) is 0 Å². The molecular weight excluding hydrogens is 227 g/mol. The van der Waals surface area contributed by atoms with E-state index >= 15 is 0 Å². The Hall–Kier alpha value is -0.610. The van der Waals surface area contributed by atoms with Crippen molar-refractivity contribution in [1.82, 2.24) is 0 Å². The first-order chi connectivity index (χ1) is 7.14. The van der Waals surface area contributed by atoms with Crippen molar-refractivity contribution in [1.29, 1.82) is 0 Å². The Kier molecular flexibility index (Phi) is 3.65. The predicted molar refractivity (Wildman–Crippen MR) is 51.3 cm³/mol. The van der Waals surface area contributed by atoms with E-state index in [9.17, 15) is 22.0 Å². The molecule has 0 heterocycles. The molecule has 0 aliphatic heterocycles. The molecule has 0 radical (unpaired) electrons. The molecule has 0 saturated carbocycles. The highest BCUT2D eigenvalue weighted by molar-refractivity contribution is 5.16. The molecule has 5 heteroatoms. The van der Waals surface area contributed by atoms with Gasteiger partial charge in [0.2, 0.25) is 5.92 Å². The van der Waals surface area contributed by atoms with Gasteiger partial charge < -0.3 is 0 Å². The van der Waals surface area contributed by atoms with Crippen LogP contribution in [0.1, 0.15) is 33.1 Å². The van der Waals surface area contributed by atoms with Crippen molar-refractivity contribution >= 4 is 0 Å². The third kappa shape index (κ3) is 3.19. The van der Waals surface area contributed by atoms with Crippen LogP contribution in [0.3, 0.4) is 0 Å². The lowest BCUT2D eigenvalue weighted by Crippen LogP contribution is -2.32. The van der Waals surface area contributed by atoms with Crippen LogP contribution in [0.5, 0.6) is 0 Å². The molecule has 0 nitrogen and oxygen atoms in total. The Bertz CT molecular complexity index is 271. The zero-order chi connectivity index (χ0) is 12.6. The fourth-order valence-electron chi connectivity index (χ4n) is 2.02. The highest BCUT2D eigenvalue weighted by Gasteiger charge is 2.44. The fourth-order valence-corrected chi connectivity index (χ4v) is 2.02. The van der Waals surface area contributed by atoms with Crippen molar-refractivity contribution < 1.29 is 22.0 Å². The molecule has 0 N–H and O–H groups in total. The van der Waals surface area contributed by atoms with Crippen LogP contribution < -0.4 is 0 Å². The minimum atomic E-state index is -4.47. The maximum absolute atomic E-state index is 13.1. The van der Waals surface area contributed by atoms with E-state index in [0.29, 0.717) is 13.3 Å². The van der Waals surface area contributed by atoms with Crippen molar-refractivity contribution in [3.63, 3.8) is 0 Å². The van der Waals surface area contributed by atoms with Crippen LogP contribution in [0.25, 0.3) is 0 Å². The van der Waals surface area contributed by atoms with Crippen molar-refractivity contribution in [3.8, 4) is 0 Å². The highest BCUT2D eigenvalue weighted by atomic mass is 19.4. The zero-order valence-electron chi connectivity index (χ0n) is 9.24. The smallest absolute Gasteiger partial charge is 0.207 e. The van der Waals surface area contributed by atoms with Crippen LogP contribution in [0.15, 0.2) is 11.6 Å². The second kappa shape index (κ2) is 4.34. The van der Waals surface area contributed by atoms with Gasteiger partial charge in [0, 0.05) is 11.5 Å². The van der Waals surface area contributed by atoms with Gasteiger partial charge in [-0.3, -0.25) is 0 Å². The first-order valence-corrected chi connectivity index (χ1v) is 5.30. The first kappa shape index (κ1) is 13.5. The zero-order valence-corrected chi connectivity index (χ0v) is 9.24. The van der Waals surface area contributed by atoms with Crippen LogP contribution in [0.2, 0.25) is 0 Å². The maximum atomic E-state index is 13.1. The van der Waals surface area contributed by atoms with Crippen LogP contribution in [0.4, 0.5) is 22.0 Å². The number of alkyl halides is 5. The summed E-state index contributed by atoms with van der Waals surface area (Å²) in [7, 11) is 0. The molecule has 0 spiro atoms. The van der Waals surface area contributed by atoms with Crippen LogP contribution in [0, 0.1) is 11.8 Å². The third-order valence-corrected chi connectivity index (χ3v) is 3.10. The molecule has 2 unspecified atom stereocenters. The van der Waals surface area contributed by atoms with Crippen molar-refractivity contribution in [3.05, 3.63) is 11.6 Å². The molecule has 0 fully saturated rings. The van der Waals surface area contributed by atoms with Crippen molar-refractivity contribution in [2.75, 3.05) is 0 Å². The van der Waals surface area contributed by atoms with Gasteiger partial charge in [-0.05, 0) is 32.1 Å². The lowest BCUT2D eigenvalue weighted by molar-refractivity contribution is -0.108. The van der Waals surface area contributed by atoms with E-state index in [1.54, 1.807) is 6.92 Å². The second-order valence-corrected chi connectivity index (χ2v) is 4.45. The molecule has 1 aliphatic rings. The number of allylic oxidation sites excluding steroid dienone is 2. The Morgan fingerprint density at radius 3 is 2.19 bits per heavy atom. The van der Waals surface area contributed by atoms with Gasteiger partial charge in [0.05, 0.1) is 0 Å². The monoisotopic (exact) mass is 242 g/mol. The van der Waals surface area contributed by atoms with Gasteiger partial charge in [0.15, 0.2) is 0 Å². The SMILES string of the molecule is CCC1C=C(C(F)(F)F)CC(C(C)(F)F)C1. The molecule has 1 aliphatic carbocycles. The van der Waals surface area contributed by atoms with Gasteiger partial charge in [-0.2, -0.15) is 13.2 Å². The summed E-state index contributed by atoms with van der Waals surface area (Å²) in [5.74, 6) is -4.63. The standard InChI is InChI=1S/C11H15F5/c1-3-7-4-8(10(2,12)13)6-9(5-7)11(14,15)16/h5,7-8H,3-4,6H2,1-2H3. The summed E-state index contributed by atoms with van der Waals surface area (Å²) >= 11 is 0. The van der Waals surface area contributed by atoms with E-state index in [1.165, 1.54) is 0 Å². The van der Waals surface area contributed by atoms with Crippen molar-refractivity contribution in [2.45, 2.75) is 45.2 Å². The average molecular weight is 242 g/mol. The molecule has 0 aromatic carbocycles. The van der Waals surface area contributed by atoms with Crippen molar-refractivity contribution in [2.24, 2.45) is 11.8 Å². The van der Waals surface area contributed by atoms with E-state index in [1.807, 2.05) is 0 Å². The molecule has 0 amide bonds. The largest absolute Gasteiger partial charge is 0.412 e. The Labute approximate surface area is 91.5 Å². The first-order valence-electron chi connectivity index (χ1n) is 5.30. The van der Waals surface area contributed by atoms with Gasteiger partial charge in [0.25, 0.3) is 0 Å².